The van der Waals surface area contributed by atoms with Gasteiger partial charge in [-0.05, 0) is 50.3 Å². The molecule has 3 heteroatoms. The zero-order valence-electron chi connectivity index (χ0n) is 11.6. The van der Waals surface area contributed by atoms with Crippen molar-refractivity contribution in [2.45, 2.75) is 32.1 Å². The lowest BCUT2D eigenvalue weighted by Crippen LogP contribution is -2.31. The Labute approximate surface area is 115 Å². The van der Waals surface area contributed by atoms with Crippen molar-refractivity contribution in [2.24, 2.45) is 5.92 Å². The van der Waals surface area contributed by atoms with Gasteiger partial charge in [0.25, 0.3) is 0 Å². The van der Waals surface area contributed by atoms with E-state index in [1.54, 1.807) is 0 Å². The van der Waals surface area contributed by atoms with Crippen molar-refractivity contribution in [3.8, 4) is 0 Å². The number of carbonyl (C=O) groups is 1. The van der Waals surface area contributed by atoms with Gasteiger partial charge in [-0.15, -0.1) is 0 Å². The molecule has 1 atom stereocenters. The molecule has 19 heavy (non-hydrogen) atoms. The molecule has 1 heterocycles. The van der Waals surface area contributed by atoms with Crippen molar-refractivity contribution < 1.29 is 9.53 Å². The van der Waals surface area contributed by atoms with Gasteiger partial charge in [0, 0.05) is 0 Å². The molecular formula is C16H23NO2. The third-order valence-electron chi connectivity index (χ3n) is 3.87. The molecule has 0 radical (unpaired) electrons. The molecule has 1 aromatic carbocycles. The molecule has 0 spiro atoms. The Morgan fingerprint density at radius 2 is 2.00 bits per heavy atom. The fraction of sp³-hybridized carbons (Fsp3) is 0.562. The maximum absolute atomic E-state index is 11.8. The molecule has 1 aliphatic rings. The first-order chi connectivity index (χ1) is 9.31. The second-order valence-corrected chi connectivity index (χ2v) is 5.11. The highest BCUT2D eigenvalue weighted by molar-refractivity contribution is 5.70. The molecule has 104 valence electrons. The van der Waals surface area contributed by atoms with Crippen molar-refractivity contribution in [3.05, 3.63) is 35.9 Å². The highest BCUT2D eigenvalue weighted by Crippen LogP contribution is 2.34. The second-order valence-electron chi connectivity index (χ2n) is 5.11. The van der Waals surface area contributed by atoms with Gasteiger partial charge in [0.1, 0.15) is 0 Å². The van der Waals surface area contributed by atoms with Gasteiger partial charge < -0.3 is 10.1 Å². The number of piperidine rings is 1. The fourth-order valence-electron chi connectivity index (χ4n) is 2.90. The molecule has 1 saturated heterocycles. The van der Waals surface area contributed by atoms with Gasteiger partial charge in [-0.25, -0.2) is 0 Å². The standard InChI is InChI=1S/C16H23NO2/c1-2-19-16(18)12-15(13-6-4-3-5-7-13)14-8-10-17-11-9-14/h3-7,14-15,17H,2,8-12H2,1H3/t15-/m1/s1. The number of hydrogen-bond donors (Lipinski definition) is 1. The van der Waals surface area contributed by atoms with E-state index in [4.69, 9.17) is 4.74 Å². The van der Waals surface area contributed by atoms with E-state index >= 15 is 0 Å². The number of hydrogen-bond acceptors (Lipinski definition) is 3. The van der Waals surface area contributed by atoms with Crippen molar-refractivity contribution in [3.63, 3.8) is 0 Å². The topological polar surface area (TPSA) is 38.3 Å². The van der Waals surface area contributed by atoms with Crippen LogP contribution in [0.4, 0.5) is 0 Å². The Hall–Kier alpha value is -1.35. The molecule has 0 unspecified atom stereocenters. The lowest BCUT2D eigenvalue weighted by Gasteiger charge is -2.30. The summed E-state index contributed by atoms with van der Waals surface area (Å²) >= 11 is 0. The van der Waals surface area contributed by atoms with Crippen LogP contribution in [0.1, 0.15) is 37.7 Å². The first kappa shape index (κ1) is 14.1. The minimum absolute atomic E-state index is 0.0742. The summed E-state index contributed by atoms with van der Waals surface area (Å²) < 4.78 is 5.13. The van der Waals surface area contributed by atoms with Crippen molar-refractivity contribution in [1.29, 1.82) is 0 Å². The van der Waals surface area contributed by atoms with E-state index in [9.17, 15) is 4.79 Å². The Balaban J connectivity index is 2.10. The van der Waals surface area contributed by atoms with Crippen LogP contribution in [0.2, 0.25) is 0 Å². The monoisotopic (exact) mass is 261 g/mol. The van der Waals surface area contributed by atoms with Crippen LogP contribution in [-0.4, -0.2) is 25.7 Å². The first-order valence-electron chi connectivity index (χ1n) is 7.22. The van der Waals surface area contributed by atoms with Crippen LogP contribution in [0, 0.1) is 5.92 Å². The summed E-state index contributed by atoms with van der Waals surface area (Å²) in [4.78, 5) is 11.8. The largest absolute Gasteiger partial charge is 0.466 e. The highest BCUT2D eigenvalue weighted by atomic mass is 16.5. The Morgan fingerprint density at radius 1 is 1.32 bits per heavy atom. The predicted molar refractivity (Wildman–Crippen MR) is 76.0 cm³/mol. The van der Waals surface area contributed by atoms with E-state index in [2.05, 4.69) is 29.6 Å². The normalized spacial score (nSPS) is 17.9. The lowest BCUT2D eigenvalue weighted by molar-refractivity contribution is -0.143. The summed E-state index contributed by atoms with van der Waals surface area (Å²) in [5, 5.41) is 3.38. The SMILES string of the molecule is CCOC(=O)C[C@H](c1ccccc1)C1CCNCC1. The second kappa shape index (κ2) is 7.29. The quantitative estimate of drug-likeness (QED) is 0.828. The van der Waals surface area contributed by atoms with Gasteiger partial charge in [0.15, 0.2) is 0 Å². The van der Waals surface area contributed by atoms with Gasteiger partial charge in [0.2, 0.25) is 0 Å². The van der Waals surface area contributed by atoms with E-state index in [-0.39, 0.29) is 5.97 Å². The van der Waals surface area contributed by atoms with Crippen LogP contribution in [0.3, 0.4) is 0 Å². The molecule has 0 aliphatic carbocycles. The Bertz CT molecular complexity index is 385. The van der Waals surface area contributed by atoms with Crippen LogP contribution >= 0.6 is 0 Å². The van der Waals surface area contributed by atoms with Gasteiger partial charge in [0.05, 0.1) is 13.0 Å². The van der Waals surface area contributed by atoms with Gasteiger partial charge >= 0.3 is 5.97 Å². The molecule has 0 bridgehead atoms. The van der Waals surface area contributed by atoms with Crippen LogP contribution < -0.4 is 5.32 Å². The molecule has 0 aromatic heterocycles. The Morgan fingerprint density at radius 3 is 2.63 bits per heavy atom. The van der Waals surface area contributed by atoms with Gasteiger partial charge in [-0.3, -0.25) is 4.79 Å². The summed E-state index contributed by atoms with van der Waals surface area (Å²) in [6.07, 6.45) is 2.78. The summed E-state index contributed by atoms with van der Waals surface area (Å²) in [7, 11) is 0. The highest BCUT2D eigenvalue weighted by Gasteiger charge is 2.27. The fourth-order valence-corrected chi connectivity index (χ4v) is 2.90. The average Bonchev–Trinajstić information content (AvgIpc) is 2.47. The summed E-state index contributed by atoms with van der Waals surface area (Å²) in [6.45, 7) is 4.43. The molecule has 1 fully saturated rings. The van der Waals surface area contributed by atoms with E-state index in [0.29, 0.717) is 24.9 Å². The van der Waals surface area contributed by atoms with E-state index in [1.165, 1.54) is 5.56 Å². The molecule has 1 N–H and O–H groups in total. The van der Waals surface area contributed by atoms with Crippen molar-refractivity contribution in [1.82, 2.24) is 5.32 Å². The third kappa shape index (κ3) is 4.06. The summed E-state index contributed by atoms with van der Waals surface area (Å²) in [5.41, 5.74) is 1.27. The van der Waals surface area contributed by atoms with Crippen molar-refractivity contribution in [2.75, 3.05) is 19.7 Å². The average molecular weight is 261 g/mol. The lowest BCUT2D eigenvalue weighted by atomic mass is 9.78. The predicted octanol–water partition coefficient (Wildman–Crippen LogP) is 2.72. The van der Waals surface area contributed by atoms with Crippen LogP contribution in [-0.2, 0) is 9.53 Å². The van der Waals surface area contributed by atoms with E-state index in [0.717, 1.165) is 25.9 Å². The smallest absolute Gasteiger partial charge is 0.306 e. The number of ether oxygens (including phenoxy) is 1. The third-order valence-corrected chi connectivity index (χ3v) is 3.87. The van der Waals surface area contributed by atoms with Crippen molar-refractivity contribution >= 4 is 5.97 Å². The number of rotatable bonds is 5. The maximum atomic E-state index is 11.8. The van der Waals surface area contributed by atoms with Crippen LogP contribution in [0.15, 0.2) is 30.3 Å². The molecule has 3 nitrogen and oxygen atoms in total. The number of nitrogens with one attached hydrogen (secondary N) is 1. The van der Waals surface area contributed by atoms with Crippen LogP contribution in [0.25, 0.3) is 0 Å². The molecule has 0 saturated carbocycles. The molecule has 1 aromatic rings. The summed E-state index contributed by atoms with van der Waals surface area (Å²) in [6, 6.07) is 10.4. The molecule has 1 aliphatic heterocycles. The van der Waals surface area contributed by atoms with Gasteiger partial charge in [-0.1, -0.05) is 30.3 Å². The molecule has 2 rings (SSSR count). The number of benzene rings is 1. The number of carbonyl (C=O) groups excluding carboxylic acids is 1. The van der Waals surface area contributed by atoms with E-state index < -0.39 is 0 Å². The number of esters is 1. The minimum Gasteiger partial charge on any atom is -0.466 e. The minimum atomic E-state index is -0.0742. The zero-order chi connectivity index (χ0) is 13.5. The first-order valence-corrected chi connectivity index (χ1v) is 7.22. The van der Waals surface area contributed by atoms with Gasteiger partial charge in [-0.2, -0.15) is 0 Å². The zero-order valence-corrected chi connectivity index (χ0v) is 11.6. The molecular weight excluding hydrogens is 238 g/mol. The summed E-state index contributed by atoms with van der Waals surface area (Å²) in [5.74, 6) is 0.797. The Kier molecular flexibility index (Phi) is 5.40. The molecule has 0 amide bonds. The van der Waals surface area contributed by atoms with E-state index in [1.807, 2.05) is 13.0 Å². The maximum Gasteiger partial charge on any atom is 0.306 e. The van der Waals surface area contributed by atoms with Crippen LogP contribution in [0.5, 0.6) is 0 Å².